The largest absolute Gasteiger partial charge is 0.474 e. The molecule has 0 heterocycles. The Balaban J connectivity index is 2.04. The Labute approximate surface area is 154 Å². The Kier molecular flexibility index (Phi) is 6.13. The van der Waals surface area contributed by atoms with Crippen molar-refractivity contribution >= 4 is 40.5 Å². The summed E-state index contributed by atoms with van der Waals surface area (Å²) in [7, 11) is 0. The summed E-state index contributed by atoms with van der Waals surface area (Å²) in [6.45, 7) is 2.87. The van der Waals surface area contributed by atoms with Crippen LogP contribution < -0.4 is 15.4 Å². The second-order valence-electron chi connectivity index (χ2n) is 5.38. The van der Waals surface area contributed by atoms with Gasteiger partial charge in [-0.25, -0.2) is 0 Å². The fourth-order valence-electron chi connectivity index (χ4n) is 2.06. The number of hydrogen-bond acceptors (Lipinski definition) is 5. The zero-order chi connectivity index (χ0) is 19.3. The number of nitro benzene ring substituents is 1. The van der Waals surface area contributed by atoms with Gasteiger partial charge in [0, 0.05) is 29.4 Å². The molecule has 136 valence electrons. The molecule has 0 spiro atoms. The van der Waals surface area contributed by atoms with E-state index in [0.29, 0.717) is 11.4 Å². The van der Waals surface area contributed by atoms with Crippen molar-refractivity contribution in [2.45, 2.75) is 20.0 Å². The van der Waals surface area contributed by atoms with Crippen LogP contribution in [0.25, 0.3) is 0 Å². The third kappa shape index (κ3) is 5.18. The van der Waals surface area contributed by atoms with Crippen LogP contribution in [0.2, 0.25) is 5.02 Å². The van der Waals surface area contributed by atoms with E-state index >= 15 is 0 Å². The fourth-order valence-corrected chi connectivity index (χ4v) is 2.23. The zero-order valence-corrected chi connectivity index (χ0v) is 14.7. The van der Waals surface area contributed by atoms with Crippen molar-refractivity contribution in [1.29, 1.82) is 0 Å². The number of benzene rings is 2. The summed E-state index contributed by atoms with van der Waals surface area (Å²) in [5.74, 6) is -0.738. The summed E-state index contributed by atoms with van der Waals surface area (Å²) in [6, 6.07) is 10.4. The number of ether oxygens (including phenoxy) is 1. The Hall–Kier alpha value is -3.13. The number of amides is 2. The minimum atomic E-state index is -0.982. The highest BCUT2D eigenvalue weighted by Crippen LogP contribution is 2.30. The summed E-state index contributed by atoms with van der Waals surface area (Å²) in [4.78, 5) is 33.6. The molecule has 8 nitrogen and oxygen atoms in total. The van der Waals surface area contributed by atoms with E-state index in [9.17, 15) is 19.7 Å². The Bertz CT molecular complexity index is 839. The number of nitrogens with one attached hydrogen (secondary N) is 2. The molecule has 0 fully saturated rings. The smallest absolute Gasteiger partial charge is 0.312 e. The maximum Gasteiger partial charge on any atom is 0.312 e. The van der Waals surface area contributed by atoms with Crippen molar-refractivity contribution in [2.75, 3.05) is 10.6 Å². The van der Waals surface area contributed by atoms with Crippen LogP contribution in [0.1, 0.15) is 13.8 Å². The van der Waals surface area contributed by atoms with Crippen LogP contribution in [0.15, 0.2) is 42.5 Å². The van der Waals surface area contributed by atoms with Gasteiger partial charge in [0.2, 0.25) is 5.91 Å². The molecule has 2 aromatic rings. The Morgan fingerprint density at radius 2 is 1.69 bits per heavy atom. The molecule has 0 aliphatic heterocycles. The second-order valence-corrected chi connectivity index (χ2v) is 5.81. The van der Waals surface area contributed by atoms with E-state index in [1.165, 1.54) is 26.0 Å². The van der Waals surface area contributed by atoms with Gasteiger partial charge in [-0.1, -0.05) is 11.6 Å². The fraction of sp³-hybridized carbons (Fsp3) is 0.176. The summed E-state index contributed by atoms with van der Waals surface area (Å²) >= 11 is 5.75. The highest BCUT2D eigenvalue weighted by atomic mass is 35.5. The monoisotopic (exact) mass is 377 g/mol. The summed E-state index contributed by atoms with van der Waals surface area (Å²) in [5.41, 5.74) is 0.763. The Morgan fingerprint density at radius 3 is 2.23 bits per heavy atom. The first-order valence-electron chi connectivity index (χ1n) is 7.55. The quantitative estimate of drug-likeness (QED) is 0.590. The lowest BCUT2D eigenvalue weighted by molar-refractivity contribution is -0.386. The Morgan fingerprint density at radius 1 is 1.12 bits per heavy atom. The van der Waals surface area contributed by atoms with Gasteiger partial charge in [0.25, 0.3) is 5.91 Å². The summed E-state index contributed by atoms with van der Waals surface area (Å²) in [5, 5.41) is 16.5. The van der Waals surface area contributed by atoms with Gasteiger partial charge in [0.15, 0.2) is 11.9 Å². The number of nitro groups is 1. The third-order valence-corrected chi connectivity index (χ3v) is 3.50. The standard InChI is InChI=1S/C17H16ClN3O5/c1-10(26-16-8-3-12(18)9-15(16)21(24)25)17(23)20-14-6-4-13(5-7-14)19-11(2)22/h3-10H,1-2H3,(H,19,22)(H,20,23)/t10-/m1/s1. The van der Waals surface area contributed by atoms with E-state index in [-0.39, 0.29) is 22.4 Å². The van der Waals surface area contributed by atoms with Gasteiger partial charge in [-0.15, -0.1) is 0 Å². The maximum atomic E-state index is 12.2. The minimum absolute atomic E-state index is 0.0527. The highest BCUT2D eigenvalue weighted by molar-refractivity contribution is 6.30. The van der Waals surface area contributed by atoms with Crippen molar-refractivity contribution in [3.05, 3.63) is 57.6 Å². The maximum absolute atomic E-state index is 12.2. The number of nitrogens with zero attached hydrogens (tertiary/aromatic N) is 1. The number of carbonyl (C=O) groups is 2. The number of rotatable bonds is 6. The van der Waals surface area contributed by atoms with E-state index in [2.05, 4.69) is 10.6 Å². The van der Waals surface area contributed by atoms with E-state index in [1.54, 1.807) is 24.3 Å². The average Bonchev–Trinajstić information content (AvgIpc) is 2.57. The molecule has 0 unspecified atom stereocenters. The van der Waals surface area contributed by atoms with Crippen LogP contribution in [0.3, 0.4) is 0 Å². The van der Waals surface area contributed by atoms with Crippen molar-refractivity contribution in [3.8, 4) is 5.75 Å². The van der Waals surface area contributed by atoms with Gasteiger partial charge < -0.3 is 15.4 Å². The van der Waals surface area contributed by atoms with Gasteiger partial charge in [-0.3, -0.25) is 19.7 Å². The normalized spacial score (nSPS) is 11.3. The van der Waals surface area contributed by atoms with Gasteiger partial charge >= 0.3 is 5.69 Å². The molecular formula is C17H16ClN3O5. The zero-order valence-electron chi connectivity index (χ0n) is 14.0. The lowest BCUT2D eigenvalue weighted by atomic mass is 10.2. The third-order valence-electron chi connectivity index (χ3n) is 3.26. The van der Waals surface area contributed by atoms with E-state index in [1.807, 2.05) is 0 Å². The van der Waals surface area contributed by atoms with Crippen LogP contribution in [0, 0.1) is 10.1 Å². The molecule has 2 N–H and O–H groups in total. The predicted octanol–water partition coefficient (Wildman–Crippen LogP) is 3.61. The van der Waals surface area contributed by atoms with Gasteiger partial charge in [0.05, 0.1) is 4.92 Å². The lowest BCUT2D eigenvalue weighted by Gasteiger charge is -2.15. The molecule has 0 radical (unpaired) electrons. The second kappa shape index (κ2) is 8.30. The highest BCUT2D eigenvalue weighted by Gasteiger charge is 2.21. The van der Waals surface area contributed by atoms with Gasteiger partial charge in [-0.05, 0) is 43.3 Å². The number of halogens is 1. The first-order chi connectivity index (χ1) is 12.3. The molecule has 0 bridgehead atoms. The SMILES string of the molecule is CC(=O)Nc1ccc(NC(=O)[C@@H](C)Oc2ccc(Cl)cc2[N+](=O)[O-])cc1. The molecule has 2 amide bonds. The van der Waals surface area contributed by atoms with E-state index < -0.39 is 16.9 Å². The topological polar surface area (TPSA) is 111 Å². The van der Waals surface area contributed by atoms with Crippen LogP contribution in [0.4, 0.5) is 17.1 Å². The molecule has 0 aliphatic carbocycles. The molecule has 0 aliphatic rings. The van der Waals surface area contributed by atoms with Crippen molar-refractivity contribution in [1.82, 2.24) is 0 Å². The molecular weight excluding hydrogens is 362 g/mol. The van der Waals surface area contributed by atoms with Crippen LogP contribution in [-0.4, -0.2) is 22.8 Å². The molecule has 0 aromatic heterocycles. The molecule has 9 heteroatoms. The van der Waals surface area contributed by atoms with Crippen molar-refractivity contribution < 1.29 is 19.2 Å². The van der Waals surface area contributed by atoms with Crippen molar-refractivity contribution in [3.63, 3.8) is 0 Å². The number of anilines is 2. The lowest BCUT2D eigenvalue weighted by Crippen LogP contribution is -2.30. The average molecular weight is 378 g/mol. The van der Waals surface area contributed by atoms with Gasteiger partial charge in [0.1, 0.15) is 0 Å². The van der Waals surface area contributed by atoms with Crippen LogP contribution in [-0.2, 0) is 9.59 Å². The molecule has 2 rings (SSSR count). The molecule has 0 saturated carbocycles. The molecule has 1 atom stereocenters. The summed E-state index contributed by atoms with van der Waals surface area (Å²) < 4.78 is 5.40. The molecule has 2 aromatic carbocycles. The molecule has 0 saturated heterocycles. The van der Waals surface area contributed by atoms with Gasteiger partial charge in [-0.2, -0.15) is 0 Å². The van der Waals surface area contributed by atoms with Crippen molar-refractivity contribution in [2.24, 2.45) is 0 Å². The van der Waals surface area contributed by atoms with E-state index in [0.717, 1.165) is 6.07 Å². The number of hydrogen-bond donors (Lipinski definition) is 2. The molecule has 26 heavy (non-hydrogen) atoms. The van der Waals surface area contributed by atoms with Crippen LogP contribution in [0.5, 0.6) is 5.75 Å². The summed E-state index contributed by atoms with van der Waals surface area (Å²) in [6.07, 6.45) is -0.982. The minimum Gasteiger partial charge on any atom is -0.474 e. The first-order valence-corrected chi connectivity index (χ1v) is 7.93. The predicted molar refractivity (Wildman–Crippen MR) is 97.6 cm³/mol. The first kappa shape index (κ1) is 19.2. The van der Waals surface area contributed by atoms with Crippen LogP contribution >= 0.6 is 11.6 Å². The number of carbonyl (C=O) groups excluding carboxylic acids is 2. The van der Waals surface area contributed by atoms with E-state index in [4.69, 9.17) is 16.3 Å².